The topological polar surface area (TPSA) is 73.3 Å². The van der Waals surface area contributed by atoms with Crippen molar-refractivity contribution in [1.82, 2.24) is 9.55 Å². The van der Waals surface area contributed by atoms with Crippen LogP contribution >= 0.6 is 11.6 Å². The van der Waals surface area contributed by atoms with Gasteiger partial charge in [0.25, 0.3) is 5.56 Å². The van der Waals surface area contributed by atoms with Crippen LogP contribution in [0.3, 0.4) is 0 Å². The van der Waals surface area contributed by atoms with E-state index in [-0.39, 0.29) is 17.3 Å². The molecule has 0 radical (unpaired) electrons. The van der Waals surface area contributed by atoms with Crippen LogP contribution in [0.2, 0.25) is 5.15 Å². The molecule has 0 spiro atoms. The maximum atomic E-state index is 12.4. The number of hydrogen-bond donors (Lipinski definition) is 1. The number of nitrogens with zero attached hydrogens (tertiary/aromatic N) is 1. The van der Waals surface area contributed by atoms with Gasteiger partial charge in [-0.2, -0.15) is 0 Å². The fraction of sp³-hybridized carbons (Fsp3) is 0.692. The summed E-state index contributed by atoms with van der Waals surface area (Å²) in [6.07, 6.45) is 1.96. The first-order valence-corrected chi connectivity index (χ1v) is 7.05. The van der Waals surface area contributed by atoms with Gasteiger partial charge in [-0.3, -0.25) is 14.3 Å². The molecule has 1 unspecified atom stereocenters. The van der Waals surface area contributed by atoms with Gasteiger partial charge in [0.2, 0.25) is 0 Å². The summed E-state index contributed by atoms with van der Waals surface area (Å²) >= 11 is 5.95. The summed E-state index contributed by atoms with van der Waals surface area (Å²) in [7, 11) is 1.57. The molecule has 0 saturated carbocycles. The maximum absolute atomic E-state index is 12.4. The van der Waals surface area contributed by atoms with E-state index in [4.69, 9.17) is 21.1 Å². The minimum absolute atomic E-state index is 0.132. The van der Waals surface area contributed by atoms with Crippen molar-refractivity contribution in [2.45, 2.75) is 38.3 Å². The van der Waals surface area contributed by atoms with E-state index in [1.54, 1.807) is 7.11 Å². The third kappa shape index (κ3) is 2.82. The fourth-order valence-corrected chi connectivity index (χ4v) is 2.68. The Morgan fingerprint density at radius 3 is 2.80 bits per heavy atom. The summed E-state index contributed by atoms with van der Waals surface area (Å²) in [5.74, 6) is 0. The number of rotatable bonds is 5. The Bertz CT molecular complexity index is 587. The Kier molecular flexibility index (Phi) is 4.67. The zero-order chi connectivity index (χ0) is 14.8. The predicted octanol–water partition coefficient (Wildman–Crippen LogP) is 0.948. The minimum atomic E-state index is -0.617. The molecule has 0 amide bonds. The Hall–Kier alpha value is -1.11. The first kappa shape index (κ1) is 15.3. The number of aromatic amines is 1. The van der Waals surface area contributed by atoms with Gasteiger partial charge in [0.15, 0.2) is 0 Å². The lowest BCUT2D eigenvalue weighted by Gasteiger charge is -2.26. The molecule has 0 aliphatic carbocycles. The number of H-pyrrole nitrogens is 1. The van der Waals surface area contributed by atoms with Crippen LogP contribution < -0.4 is 11.2 Å². The quantitative estimate of drug-likeness (QED) is 0.822. The van der Waals surface area contributed by atoms with Crippen LogP contribution in [0.5, 0.6) is 0 Å². The SMILES string of the molecule is CCCc1c(Cl)[nH]c(=O)n(CC2(OC)CCOC2)c1=O. The average Bonchev–Trinajstić information content (AvgIpc) is 2.89. The normalized spacial score (nSPS) is 22.4. The molecule has 1 aliphatic rings. The zero-order valence-corrected chi connectivity index (χ0v) is 12.5. The van der Waals surface area contributed by atoms with Gasteiger partial charge < -0.3 is 9.47 Å². The van der Waals surface area contributed by atoms with Gasteiger partial charge in [0.05, 0.1) is 18.7 Å². The van der Waals surface area contributed by atoms with Crippen molar-refractivity contribution >= 4 is 11.6 Å². The largest absolute Gasteiger partial charge is 0.378 e. The summed E-state index contributed by atoms with van der Waals surface area (Å²) in [5, 5.41) is 0.132. The third-order valence-corrected chi connectivity index (χ3v) is 4.00. The van der Waals surface area contributed by atoms with Crippen molar-refractivity contribution in [2.75, 3.05) is 20.3 Å². The second-order valence-corrected chi connectivity index (χ2v) is 5.43. The van der Waals surface area contributed by atoms with Gasteiger partial charge in [0, 0.05) is 20.1 Å². The van der Waals surface area contributed by atoms with Crippen LogP contribution in [0.15, 0.2) is 9.59 Å². The highest BCUT2D eigenvalue weighted by molar-refractivity contribution is 6.30. The fourth-order valence-electron chi connectivity index (χ4n) is 2.42. The minimum Gasteiger partial charge on any atom is -0.378 e. The van der Waals surface area contributed by atoms with Gasteiger partial charge in [-0.15, -0.1) is 0 Å². The molecule has 1 fully saturated rings. The molecular formula is C13H19ClN2O4. The van der Waals surface area contributed by atoms with Gasteiger partial charge in [-0.25, -0.2) is 4.79 Å². The third-order valence-electron chi connectivity index (χ3n) is 3.68. The number of ether oxygens (including phenoxy) is 2. The Morgan fingerprint density at radius 2 is 2.25 bits per heavy atom. The highest BCUT2D eigenvalue weighted by atomic mass is 35.5. The summed E-state index contributed by atoms with van der Waals surface area (Å²) in [5.41, 5.74) is -1.03. The van der Waals surface area contributed by atoms with E-state index in [2.05, 4.69) is 4.98 Å². The molecular weight excluding hydrogens is 284 g/mol. The van der Waals surface area contributed by atoms with Crippen molar-refractivity contribution in [2.24, 2.45) is 0 Å². The Balaban J connectivity index is 2.44. The van der Waals surface area contributed by atoms with E-state index in [0.29, 0.717) is 31.6 Å². The van der Waals surface area contributed by atoms with Crippen LogP contribution in [0.4, 0.5) is 0 Å². The number of hydrogen-bond acceptors (Lipinski definition) is 4. The molecule has 1 saturated heterocycles. The molecule has 112 valence electrons. The lowest BCUT2D eigenvalue weighted by molar-refractivity contribution is -0.0310. The van der Waals surface area contributed by atoms with Crippen LogP contribution in [0, 0.1) is 0 Å². The van der Waals surface area contributed by atoms with E-state index in [1.165, 1.54) is 0 Å². The molecule has 0 aromatic carbocycles. The van der Waals surface area contributed by atoms with Crippen LogP contribution in [0.25, 0.3) is 0 Å². The first-order valence-electron chi connectivity index (χ1n) is 6.67. The highest BCUT2D eigenvalue weighted by Crippen LogP contribution is 2.23. The van der Waals surface area contributed by atoms with Crippen molar-refractivity contribution < 1.29 is 9.47 Å². The number of nitrogens with one attached hydrogen (secondary N) is 1. The monoisotopic (exact) mass is 302 g/mol. The standard InChI is InChI=1S/C13H19ClN2O4/c1-3-4-9-10(14)15-12(18)16(11(9)17)7-13(19-2)5-6-20-8-13/h3-8H2,1-2H3,(H,15,18). The van der Waals surface area contributed by atoms with Crippen molar-refractivity contribution in [3.8, 4) is 0 Å². The first-order chi connectivity index (χ1) is 9.53. The molecule has 1 aromatic rings. The lowest BCUT2D eigenvalue weighted by Crippen LogP contribution is -2.47. The van der Waals surface area contributed by atoms with Crippen LogP contribution in [0.1, 0.15) is 25.3 Å². The number of aromatic nitrogens is 2. The van der Waals surface area contributed by atoms with E-state index in [9.17, 15) is 9.59 Å². The van der Waals surface area contributed by atoms with Crippen molar-refractivity contribution in [3.63, 3.8) is 0 Å². The zero-order valence-electron chi connectivity index (χ0n) is 11.7. The average molecular weight is 303 g/mol. The smallest absolute Gasteiger partial charge is 0.329 e. The van der Waals surface area contributed by atoms with E-state index < -0.39 is 11.3 Å². The molecule has 1 atom stereocenters. The van der Waals surface area contributed by atoms with Gasteiger partial charge >= 0.3 is 5.69 Å². The van der Waals surface area contributed by atoms with Crippen molar-refractivity contribution in [1.29, 1.82) is 0 Å². The molecule has 20 heavy (non-hydrogen) atoms. The van der Waals surface area contributed by atoms with E-state index in [0.717, 1.165) is 11.0 Å². The maximum Gasteiger partial charge on any atom is 0.329 e. The molecule has 2 rings (SSSR count). The summed E-state index contributed by atoms with van der Waals surface area (Å²) in [6, 6.07) is 0. The Morgan fingerprint density at radius 1 is 1.50 bits per heavy atom. The molecule has 1 aliphatic heterocycles. The number of methoxy groups -OCH3 is 1. The molecule has 1 aromatic heterocycles. The van der Waals surface area contributed by atoms with Gasteiger partial charge in [0.1, 0.15) is 10.8 Å². The molecule has 1 N–H and O–H groups in total. The molecule has 2 heterocycles. The second kappa shape index (κ2) is 6.11. The molecule has 0 bridgehead atoms. The number of halogens is 1. The Labute approximate surface area is 121 Å². The van der Waals surface area contributed by atoms with Crippen LogP contribution in [-0.4, -0.2) is 35.5 Å². The predicted molar refractivity (Wildman–Crippen MR) is 75.5 cm³/mol. The molecule has 6 nitrogen and oxygen atoms in total. The van der Waals surface area contributed by atoms with Gasteiger partial charge in [-0.05, 0) is 6.42 Å². The molecule has 7 heteroatoms. The van der Waals surface area contributed by atoms with Crippen molar-refractivity contribution in [3.05, 3.63) is 31.6 Å². The second-order valence-electron chi connectivity index (χ2n) is 5.05. The summed E-state index contributed by atoms with van der Waals surface area (Å²) in [4.78, 5) is 26.9. The van der Waals surface area contributed by atoms with Crippen LogP contribution in [-0.2, 0) is 22.4 Å². The lowest BCUT2D eigenvalue weighted by atomic mass is 10.0. The van der Waals surface area contributed by atoms with Gasteiger partial charge in [-0.1, -0.05) is 24.9 Å². The summed E-state index contributed by atoms with van der Waals surface area (Å²) < 4.78 is 12.0. The van der Waals surface area contributed by atoms with E-state index >= 15 is 0 Å². The highest BCUT2D eigenvalue weighted by Gasteiger charge is 2.36. The van der Waals surface area contributed by atoms with E-state index in [1.807, 2.05) is 6.92 Å². The summed E-state index contributed by atoms with van der Waals surface area (Å²) in [6.45, 7) is 3.06.